The number of hydrogen-bond acceptors (Lipinski definition) is 3. The van der Waals surface area contributed by atoms with Gasteiger partial charge in [0, 0.05) is 31.0 Å². The topological polar surface area (TPSA) is 44.0 Å². The standard InChI is InChI=1S/C12H24N4/c1-10(2)5-12(16(3)4)8-13-6-11-7-14-9-15-11/h7,9-10,12-13H,5-6,8H2,1-4H3,(H,14,15). The number of rotatable bonds is 7. The van der Waals surface area contributed by atoms with Crippen LogP contribution in [-0.4, -0.2) is 41.5 Å². The molecule has 0 amide bonds. The molecule has 0 fully saturated rings. The van der Waals surface area contributed by atoms with E-state index in [2.05, 4.69) is 48.1 Å². The van der Waals surface area contributed by atoms with Crippen molar-refractivity contribution in [1.82, 2.24) is 20.2 Å². The molecule has 1 unspecified atom stereocenters. The highest BCUT2D eigenvalue weighted by Crippen LogP contribution is 2.08. The molecule has 1 atom stereocenters. The Morgan fingerprint density at radius 3 is 2.69 bits per heavy atom. The van der Waals surface area contributed by atoms with Crippen LogP contribution in [-0.2, 0) is 6.54 Å². The second kappa shape index (κ2) is 6.66. The third-order valence-electron chi connectivity index (χ3n) is 2.72. The molecule has 0 aliphatic heterocycles. The van der Waals surface area contributed by atoms with Crippen molar-refractivity contribution < 1.29 is 0 Å². The Kier molecular flexibility index (Phi) is 5.49. The monoisotopic (exact) mass is 224 g/mol. The minimum absolute atomic E-state index is 0.600. The summed E-state index contributed by atoms with van der Waals surface area (Å²) >= 11 is 0. The molecule has 1 aromatic rings. The van der Waals surface area contributed by atoms with E-state index in [1.54, 1.807) is 6.33 Å². The Labute approximate surface area is 98.5 Å². The summed E-state index contributed by atoms with van der Waals surface area (Å²) in [4.78, 5) is 9.38. The minimum atomic E-state index is 0.600. The third kappa shape index (κ3) is 4.77. The van der Waals surface area contributed by atoms with E-state index in [-0.39, 0.29) is 0 Å². The fourth-order valence-electron chi connectivity index (χ4n) is 1.78. The Morgan fingerprint density at radius 2 is 2.19 bits per heavy atom. The van der Waals surface area contributed by atoms with Crippen molar-refractivity contribution in [3.8, 4) is 0 Å². The molecule has 1 heterocycles. The van der Waals surface area contributed by atoms with E-state index in [0.717, 1.165) is 24.7 Å². The molecule has 1 rings (SSSR count). The van der Waals surface area contributed by atoms with E-state index in [1.165, 1.54) is 6.42 Å². The number of H-pyrrole nitrogens is 1. The first kappa shape index (κ1) is 13.2. The minimum Gasteiger partial charge on any atom is -0.347 e. The molecule has 16 heavy (non-hydrogen) atoms. The summed E-state index contributed by atoms with van der Waals surface area (Å²) in [5, 5.41) is 3.46. The number of nitrogens with one attached hydrogen (secondary N) is 2. The molecule has 0 aliphatic rings. The van der Waals surface area contributed by atoms with Crippen molar-refractivity contribution >= 4 is 0 Å². The molecule has 0 bridgehead atoms. The Balaban J connectivity index is 2.27. The molecule has 0 spiro atoms. The molecule has 2 N–H and O–H groups in total. The fraction of sp³-hybridized carbons (Fsp3) is 0.750. The Bertz CT molecular complexity index is 267. The van der Waals surface area contributed by atoms with E-state index in [9.17, 15) is 0 Å². The van der Waals surface area contributed by atoms with Gasteiger partial charge in [-0.15, -0.1) is 0 Å². The highest BCUT2D eigenvalue weighted by atomic mass is 15.1. The van der Waals surface area contributed by atoms with Crippen molar-refractivity contribution in [3.05, 3.63) is 18.2 Å². The van der Waals surface area contributed by atoms with Crippen molar-refractivity contribution in [1.29, 1.82) is 0 Å². The van der Waals surface area contributed by atoms with Gasteiger partial charge < -0.3 is 15.2 Å². The van der Waals surface area contributed by atoms with Gasteiger partial charge in [0.05, 0.1) is 6.33 Å². The molecule has 4 heteroatoms. The molecule has 4 nitrogen and oxygen atoms in total. The number of hydrogen-bond donors (Lipinski definition) is 2. The van der Waals surface area contributed by atoms with Crippen molar-refractivity contribution in [2.45, 2.75) is 32.9 Å². The maximum atomic E-state index is 4.00. The number of nitrogens with zero attached hydrogens (tertiary/aromatic N) is 2. The zero-order valence-electron chi connectivity index (χ0n) is 10.8. The first-order valence-corrected chi connectivity index (χ1v) is 5.94. The molecule has 0 saturated heterocycles. The molecule has 0 aromatic carbocycles. The molecule has 0 aliphatic carbocycles. The predicted octanol–water partition coefficient (Wildman–Crippen LogP) is 1.48. The Hall–Kier alpha value is -0.870. The second-order valence-corrected chi connectivity index (χ2v) is 4.95. The number of imidazole rings is 1. The average Bonchev–Trinajstić information content (AvgIpc) is 2.68. The van der Waals surface area contributed by atoms with Gasteiger partial charge in [0.25, 0.3) is 0 Å². The van der Waals surface area contributed by atoms with Crippen molar-refractivity contribution in [3.63, 3.8) is 0 Å². The van der Waals surface area contributed by atoms with Gasteiger partial charge in [-0.25, -0.2) is 4.98 Å². The highest BCUT2D eigenvalue weighted by Gasteiger charge is 2.12. The van der Waals surface area contributed by atoms with Gasteiger partial charge in [-0.05, 0) is 26.4 Å². The lowest BCUT2D eigenvalue weighted by Gasteiger charge is -2.26. The van der Waals surface area contributed by atoms with Crippen LogP contribution in [0, 0.1) is 5.92 Å². The van der Waals surface area contributed by atoms with Crippen LogP contribution in [0.4, 0.5) is 0 Å². The van der Waals surface area contributed by atoms with Crippen LogP contribution in [0.3, 0.4) is 0 Å². The van der Waals surface area contributed by atoms with Gasteiger partial charge in [0.1, 0.15) is 0 Å². The smallest absolute Gasteiger partial charge is 0.0922 e. The van der Waals surface area contributed by atoms with Gasteiger partial charge >= 0.3 is 0 Å². The summed E-state index contributed by atoms with van der Waals surface area (Å²) in [5.74, 6) is 0.737. The number of likely N-dealkylation sites (N-methyl/N-ethyl adjacent to an activating group) is 1. The number of aromatic nitrogens is 2. The van der Waals surface area contributed by atoms with E-state index in [4.69, 9.17) is 0 Å². The van der Waals surface area contributed by atoms with E-state index >= 15 is 0 Å². The van der Waals surface area contributed by atoms with Gasteiger partial charge in [-0.2, -0.15) is 0 Å². The van der Waals surface area contributed by atoms with Crippen molar-refractivity contribution in [2.75, 3.05) is 20.6 Å². The lowest BCUT2D eigenvalue weighted by molar-refractivity contribution is 0.246. The van der Waals surface area contributed by atoms with Crippen LogP contribution < -0.4 is 5.32 Å². The van der Waals surface area contributed by atoms with Crippen LogP contribution in [0.15, 0.2) is 12.5 Å². The molecule has 0 radical (unpaired) electrons. The van der Waals surface area contributed by atoms with Crippen LogP contribution in [0.2, 0.25) is 0 Å². The van der Waals surface area contributed by atoms with Crippen LogP contribution in [0.5, 0.6) is 0 Å². The summed E-state index contributed by atoms with van der Waals surface area (Å²) in [6.07, 6.45) is 4.80. The lowest BCUT2D eigenvalue weighted by Crippen LogP contribution is -2.38. The van der Waals surface area contributed by atoms with E-state index in [1.807, 2.05) is 6.20 Å². The summed E-state index contributed by atoms with van der Waals surface area (Å²) in [5.41, 5.74) is 1.14. The zero-order valence-corrected chi connectivity index (χ0v) is 10.8. The van der Waals surface area contributed by atoms with Crippen LogP contribution >= 0.6 is 0 Å². The van der Waals surface area contributed by atoms with E-state index < -0.39 is 0 Å². The first-order chi connectivity index (χ1) is 7.59. The van der Waals surface area contributed by atoms with Crippen molar-refractivity contribution in [2.24, 2.45) is 5.92 Å². The van der Waals surface area contributed by atoms with Gasteiger partial charge in [-0.3, -0.25) is 0 Å². The maximum absolute atomic E-state index is 4.00. The first-order valence-electron chi connectivity index (χ1n) is 5.94. The SMILES string of the molecule is CC(C)CC(CNCc1cnc[nH]1)N(C)C. The molecule has 1 aromatic heterocycles. The zero-order chi connectivity index (χ0) is 12.0. The predicted molar refractivity (Wildman–Crippen MR) is 67.2 cm³/mol. The summed E-state index contributed by atoms with van der Waals surface area (Å²) in [6.45, 7) is 6.42. The van der Waals surface area contributed by atoms with Gasteiger partial charge in [-0.1, -0.05) is 13.8 Å². The summed E-state index contributed by atoms with van der Waals surface area (Å²) in [6, 6.07) is 0.600. The normalized spacial score (nSPS) is 13.6. The quantitative estimate of drug-likeness (QED) is 0.737. The highest BCUT2D eigenvalue weighted by molar-refractivity contribution is 4.93. The molecule has 92 valence electrons. The largest absolute Gasteiger partial charge is 0.347 e. The lowest BCUT2D eigenvalue weighted by atomic mass is 10.0. The fourth-order valence-corrected chi connectivity index (χ4v) is 1.78. The molecular formula is C12H24N4. The Morgan fingerprint density at radius 1 is 1.44 bits per heavy atom. The third-order valence-corrected chi connectivity index (χ3v) is 2.72. The maximum Gasteiger partial charge on any atom is 0.0922 e. The van der Waals surface area contributed by atoms with Gasteiger partial charge in [0.2, 0.25) is 0 Å². The molecular weight excluding hydrogens is 200 g/mol. The van der Waals surface area contributed by atoms with Gasteiger partial charge in [0.15, 0.2) is 0 Å². The summed E-state index contributed by atoms with van der Waals surface area (Å²) in [7, 11) is 4.29. The van der Waals surface area contributed by atoms with Crippen LogP contribution in [0.25, 0.3) is 0 Å². The van der Waals surface area contributed by atoms with Crippen LogP contribution in [0.1, 0.15) is 26.0 Å². The summed E-state index contributed by atoms with van der Waals surface area (Å²) < 4.78 is 0. The second-order valence-electron chi connectivity index (χ2n) is 4.95. The average molecular weight is 224 g/mol. The number of aromatic amines is 1. The molecule has 0 saturated carbocycles. The van der Waals surface area contributed by atoms with E-state index in [0.29, 0.717) is 6.04 Å².